The summed E-state index contributed by atoms with van der Waals surface area (Å²) in [5.41, 5.74) is 0.122. The Morgan fingerprint density at radius 3 is 2.88 bits per heavy atom. The lowest BCUT2D eigenvalue weighted by Gasteiger charge is -2.31. The molecular weight excluding hydrogens is 352 g/mol. The fourth-order valence-electron chi connectivity index (χ4n) is 2.68. The molecule has 0 unspecified atom stereocenters. The molecule has 1 aliphatic rings. The number of urea groups is 1. The van der Waals surface area contributed by atoms with E-state index in [1.54, 1.807) is 12.0 Å². The Morgan fingerprint density at radius 1 is 1.40 bits per heavy atom. The highest BCUT2D eigenvalue weighted by Crippen LogP contribution is 2.31. The molecule has 1 aromatic heterocycles. The number of nitrogens with zero attached hydrogens (tertiary/aromatic N) is 2. The van der Waals surface area contributed by atoms with Crippen LogP contribution in [0.2, 0.25) is 0 Å². The van der Waals surface area contributed by atoms with Crippen molar-refractivity contribution in [3.05, 3.63) is 23.8 Å². The summed E-state index contributed by atoms with van der Waals surface area (Å²) >= 11 is 1.12. The van der Waals surface area contributed by atoms with Gasteiger partial charge in [0.15, 0.2) is 5.82 Å². The number of piperidine rings is 1. The number of hydrogen-bond donors (Lipinski definition) is 1. The van der Waals surface area contributed by atoms with Gasteiger partial charge in [-0.3, -0.25) is 0 Å². The maximum Gasteiger partial charge on any atom is 0.317 e. The van der Waals surface area contributed by atoms with Gasteiger partial charge in [-0.2, -0.15) is 4.98 Å². The highest BCUT2D eigenvalue weighted by Gasteiger charge is 2.25. The number of hydrogen-bond acceptors (Lipinski definition) is 5. The third-order valence-corrected chi connectivity index (χ3v) is 4.87. The quantitative estimate of drug-likeness (QED) is 0.821. The normalized spacial score (nSPS) is 15.6. The van der Waals surface area contributed by atoms with Crippen LogP contribution in [0.1, 0.15) is 12.8 Å². The van der Waals surface area contributed by atoms with Crippen LogP contribution in [0.5, 0.6) is 5.19 Å². The zero-order valence-electron chi connectivity index (χ0n) is 13.8. The number of thiazole rings is 1. The molecule has 1 N–H and O–H groups in total. The summed E-state index contributed by atoms with van der Waals surface area (Å²) in [7, 11) is 1.58. The van der Waals surface area contributed by atoms with Crippen molar-refractivity contribution in [3.63, 3.8) is 0 Å². The number of aromatic nitrogens is 1. The van der Waals surface area contributed by atoms with Gasteiger partial charge in [0.05, 0.1) is 11.3 Å². The molecular formula is C16H19F2N3O3S. The summed E-state index contributed by atoms with van der Waals surface area (Å²) in [5.74, 6) is -1.32. The molecule has 1 aliphatic heterocycles. The van der Waals surface area contributed by atoms with Crippen molar-refractivity contribution in [2.45, 2.75) is 18.9 Å². The van der Waals surface area contributed by atoms with Gasteiger partial charge >= 0.3 is 6.03 Å². The second-order valence-corrected chi connectivity index (χ2v) is 6.74. The number of halogens is 2. The van der Waals surface area contributed by atoms with Crippen LogP contribution in [-0.4, -0.2) is 55.4 Å². The van der Waals surface area contributed by atoms with E-state index in [0.29, 0.717) is 49.0 Å². The van der Waals surface area contributed by atoms with E-state index in [1.165, 1.54) is 6.07 Å². The number of ether oxygens (including phenoxy) is 2. The minimum atomic E-state index is -0.691. The number of rotatable bonds is 5. The predicted molar refractivity (Wildman–Crippen MR) is 90.0 cm³/mol. The van der Waals surface area contributed by atoms with Crippen molar-refractivity contribution >= 4 is 27.6 Å². The van der Waals surface area contributed by atoms with Gasteiger partial charge in [-0.25, -0.2) is 13.6 Å². The van der Waals surface area contributed by atoms with Gasteiger partial charge < -0.3 is 19.7 Å². The monoisotopic (exact) mass is 371 g/mol. The van der Waals surface area contributed by atoms with Gasteiger partial charge in [-0.15, -0.1) is 0 Å². The van der Waals surface area contributed by atoms with E-state index in [9.17, 15) is 13.6 Å². The largest absolute Gasteiger partial charge is 0.467 e. The first-order chi connectivity index (χ1) is 12.1. The molecule has 0 atom stereocenters. The summed E-state index contributed by atoms with van der Waals surface area (Å²) < 4.78 is 38.1. The summed E-state index contributed by atoms with van der Waals surface area (Å²) in [6.07, 6.45) is 1.21. The van der Waals surface area contributed by atoms with Crippen LogP contribution in [-0.2, 0) is 4.74 Å². The minimum Gasteiger partial charge on any atom is -0.467 e. The van der Waals surface area contributed by atoms with E-state index in [-0.39, 0.29) is 17.7 Å². The maximum absolute atomic E-state index is 13.7. The van der Waals surface area contributed by atoms with Crippen LogP contribution in [0, 0.1) is 11.6 Å². The number of carbonyl (C=O) groups excluding carboxylic acids is 1. The molecule has 0 aliphatic carbocycles. The molecule has 0 spiro atoms. The Balaban J connectivity index is 1.54. The molecule has 25 heavy (non-hydrogen) atoms. The highest BCUT2D eigenvalue weighted by atomic mass is 32.1. The molecule has 2 heterocycles. The average Bonchev–Trinajstić information content (AvgIpc) is 2.98. The lowest BCUT2D eigenvalue weighted by atomic mass is 10.1. The Hall–Kier alpha value is -2.00. The number of carbonyl (C=O) groups is 1. The second kappa shape index (κ2) is 7.92. The van der Waals surface area contributed by atoms with Gasteiger partial charge in [-0.05, 0) is 6.07 Å². The van der Waals surface area contributed by atoms with Crippen LogP contribution in [0.3, 0.4) is 0 Å². The van der Waals surface area contributed by atoms with Crippen LogP contribution < -0.4 is 10.1 Å². The Kier molecular flexibility index (Phi) is 5.64. The topological polar surface area (TPSA) is 63.7 Å². The summed E-state index contributed by atoms with van der Waals surface area (Å²) in [4.78, 5) is 17.8. The standard InChI is InChI=1S/C16H19F2N3O3S/c1-23-7-4-19-15(22)21-5-2-11(3-6-21)24-16-20-14-12(18)8-10(17)9-13(14)25-16/h8-9,11H,2-7H2,1H3,(H,19,22). The molecule has 2 amide bonds. The third kappa shape index (κ3) is 4.35. The van der Waals surface area contributed by atoms with Crippen molar-refractivity contribution < 1.29 is 23.0 Å². The van der Waals surface area contributed by atoms with Gasteiger partial charge in [0.1, 0.15) is 17.4 Å². The lowest BCUT2D eigenvalue weighted by Crippen LogP contribution is -2.47. The van der Waals surface area contributed by atoms with Gasteiger partial charge in [0.2, 0.25) is 0 Å². The first kappa shape index (κ1) is 17.8. The molecule has 0 saturated carbocycles. The van der Waals surface area contributed by atoms with Gasteiger partial charge in [0.25, 0.3) is 5.19 Å². The molecule has 0 bridgehead atoms. The third-order valence-electron chi connectivity index (χ3n) is 3.97. The smallest absolute Gasteiger partial charge is 0.317 e. The molecule has 2 aromatic rings. The van der Waals surface area contributed by atoms with Gasteiger partial charge in [0, 0.05) is 45.7 Å². The molecule has 1 fully saturated rings. The van der Waals surface area contributed by atoms with Crippen molar-refractivity contribution in [2.24, 2.45) is 0 Å². The van der Waals surface area contributed by atoms with Crippen LogP contribution in [0.4, 0.5) is 13.6 Å². The molecule has 136 valence electrons. The van der Waals surface area contributed by atoms with Crippen LogP contribution >= 0.6 is 11.3 Å². The van der Waals surface area contributed by atoms with Crippen molar-refractivity contribution in [2.75, 3.05) is 33.4 Å². The van der Waals surface area contributed by atoms with Gasteiger partial charge in [-0.1, -0.05) is 11.3 Å². The SMILES string of the molecule is COCCNC(=O)N1CCC(Oc2nc3c(F)cc(F)cc3s2)CC1. The number of amides is 2. The van der Waals surface area contributed by atoms with E-state index in [4.69, 9.17) is 9.47 Å². The zero-order valence-corrected chi connectivity index (χ0v) is 14.6. The van der Waals surface area contributed by atoms with Crippen LogP contribution in [0.15, 0.2) is 12.1 Å². The minimum absolute atomic E-state index is 0.100. The summed E-state index contributed by atoms with van der Waals surface area (Å²) in [5, 5.41) is 3.10. The summed E-state index contributed by atoms with van der Waals surface area (Å²) in [6, 6.07) is 1.94. The molecule has 6 nitrogen and oxygen atoms in total. The van der Waals surface area contributed by atoms with Crippen LogP contribution in [0.25, 0.3) is 10.2 Å². The lowest BCUT2D eigenvalue weighted by molar-refractivity contribution is 0.109. The molecule has 1 aromatic carbocycles. The number of benzene rings is 1. The average molecular weight is 371 g/mol. The number of fused-ring (bicyclic) bond motifs is 1. The van der Waals surface area contributed by atoms with E-state index in [1.807, 2.05) is 0 Å². The molecule has 3 rings (SSSR count). The van der Waals surface area contributed by atoms with E-state index in [2.05, 4.69) is 10.3 Å². The second-order valence-electron chi connectivity index (χ2n) is 5.74. The maximum atomic E-state index is 13.7. The number of likely N-dealkylation sites (tertiary alicyclic amines) is 1. The zero-order chi connectivity index (χ0) is 17.8. The molecule has 1 saturated heterocycles. The van der Waals surface area contributed by atoms with E-state index < -0.39 is 11.6 Å². The van der Waals surface area contributed by atoms with E-state index in [0.717, 1.165) is 17.4 Å². The highest BCUT2D eigenvalue weighted by molar-refractivity contribution is 7.20. The Labute approximate surface area is 147 Å². The number of methoxy groups -OCH3 is 1. The van der Waals surface area contributed by atoms with E-state index >= 15 is 0 Å². The predicted octanol–water partition coefficient (Wildman–Crippen LogP) is 2.77. The number of nitrogens with one attached hydrogen (secondary N) is 1. The fraction of sp³-hybridized carbons (Fsp3) is 0.500. The summed E-state index contributed by atoms with van der Waals surface area (Å²) in [6.45, 7) is 2.08. The molecule has 0 radical (unpaired) electrons. The first-order valence-electron chi connectivity index (χ1n) is 8.01. The first-order valence-corrected chi connectivity index (χ1v) is 8.82. The van der Waals surface area contributed by atoms with Crippen molar-refractivity contribution in [1.29, 1.82) is 0 Å². The fourth-order valence-corrected chi connectivity index (χ4v) is 3.60. The van der Waals surface area contributed by atoms with Crippen molar-refractivity contribution in [1.82, 2.24) is 15.2 Å². The van der Waals surface area contributed by atoms with Crippen molar-refractivity contribution in [3.8, 4) is 5.19 Å². The molecule has 9 heteroatoms. The Bertz CT molecular complexity index is 748. The Morgan fingerprint density at radius 2 is 2.16 bits per heavy atom.